The van der Waals surface area contributed by atoms with Crippen molar-refractivity contribution in [3.8, 4) is 22.4 Å². The van der Waals surface area contributed by atoms with Crippen molar-refractivity contribution in [2.24, 2.45) is 0 Å². The van der Waals surface area contributed by atoms with Crippen LogP contribution in [-0.2, 0) is 0 Å². The van der Waals surface area contributed by atoms with E-state index in [0.29, 0.717) is 0 Å². The molecule has 1 unspecified atom stereocenters. The number of aromatic nitrogens is 3. The highest BCUT2D eigenvalue weighted by atomic mass is 14.9. The van der Waals surface area contributed by atoms with Crippen LogP contribution in [0.3, 0.4) is 0 Å². The molecule has 1 atom stereocenters. The van der Waals surface area contributed by atoms with Gasteiger partial charge in [-0.25, -0.2) is 0 Å². The monoisotopic (exact) mass is 576 g/mol. The van der Waals surface area contributed by atoms with Gasteiger partial charge in [0, 0.05) is 46.3 Å². The van der Waals surface area contributed by atoms with Crippen molar-refractivity contribution in [3.05, 3.63) is 156 Å². The highest BCUT2D eigenvalue weighted by molar-refractivity contribution is 6.01. The van der Waals surface area contributed by atoms with Gasteiger partial charge >= 0.3 is 0 Å². The summed E-state index contributed by atoms with van der Waals surface area (Å²) in [6, 6.07) is 34.1. The highest BCUT2D eigenvalue weighted by Gasteiger charge is 2.16. The number of rotatable bonds is 4. The molecule has 0 amide bonds. The minimum Gasteiger partial charge on any atom is -0.380 e. The molecule has 0 bridgehead atoms. The fraction of sp³-hybridized carbons (Fsp3) is 0.175. The van der Waals surface area contributed by atoms with Gasteiger partial charge in [0.15, 0.2) is 0 Å². The molecule has 4 heterocycles. The molecular formula is C40H40N4. The molecule has 0 saturated heterocycles. The lowest BCUT2D eigenvalue weighted by Crippen LogP contribution is -2.17. The molecule has 5 aromatic rings. The molecule has 0 spiro atoms. The average molecular weight is 577 g/mol. The number of allylic oxidation sites excluding steroid dienone is 2. The van der Waals surface area contributed by atoms with Gasteiger partial charge in [-0.05, 0) is 91.1 Å². The predicted molar refractivity (Wildman–Crippen MR) is 186 cm³/mol. The van der Waals surface area contributed by atoms with Crippen LogP contribution in [0.2, 0.25) is 0 Å². The number of benzene rings is 1. The van der Waals surface area contributed by atoms with E-state index in [2.05, 4.69) is 131 Å². The van der Waals surface area contributed by atoms with Gasteiger partial charge in [0.2, 0.25) is 0 Å². The fourth-order valence-corrected chi connectivity index (χ4v) is 5.69. The molecule has 3 aromatic heterocycles. The van der Waals surface area contributed by atoms with E-state index in [0.717, 1.165) is 67.1 Å². The SMILES string of the molecule is CC.Cc1cc(-c2ccc(-c3c(C4=CNC(c5cc(C)nc(C)c5)C=C4)ccccccc4ccccc34)cn2)cc(C)n1. The van der Waals surface area contributed by atoms with Crippen LogP contribution in [-0.4, -0.2) is 15.0 Å². The number of hydrogen-bond acceptors (Lipinski definition) is 4. The van der Waals surface area contributed by atoms with Gasteiger partial charge in [0.25, 0.3) is 0 Å². The largest absolute Gasteiger partial charge is 0.380 e. The van der Waals surface area contributed by atoms with E-state index in [1.807, 2.05) is 47.7 Å². The Hall–Kier alpha value is -5.09. The summed E-state index contributed by atoms with van der Waals surface area (Å²) in [7, 11) is 0. The molecule has 6 rings (SSSR count). The average Bonchev–Trinajstić information content (AvgIpc) is 3.03. The minimum atomic E-state index is 0.0880. The minimum absolute atomic E-state index is 0.0880. The van der Waals surface area contributed by atoms with E-state index in [-0.39, 0.29) is 6.04 Å². The van der Waals surface area contributed by atoms with Crippen molar-refractivity contribution in [1.82, 2.24) is 20.3 Å². The first-order valence-corrected chi connectivity index (χ1v) is 15.3. The van der Waals surface area contributed by atoms with E-state index in [4.69, 9.17) is 4.98 Å². The van der Waals surface area contributed by atoms with Crippen LogP contribution >= 0.6 is 0 Å². The Morgan fingerprint density at radius 3 is 1.86 bits per heavy atom. The first-order chi connectivity index (χ1) is 21.4. The van der Waals surface area contributed by atoms with Crippen molar-refractivity contribution >= 4 is 16.3 Å². The summed E-state index contributed by atoms with van der Waals surface area (Å²) in [6.45, 7) is 12.1. The van der Waals surface area contributed by atoms with E-state index in [1.165, 1.54) is 5.56 Å². The zero-order valence-electron chi connectivity index (χ0n) is 26.5. The predicted octanol–water partition coefficient (Wildman–Crippen LogP) is 9.98. The van der Waals surface area contributed by atoms with Gasteiger partial charge in [0.05, 0.1) is 11.7 Å². The molecule has 44 heavy (non-hydrogen) atoms. The normalized spacial score (nSPS) is 13.7. The summed E-state index contributed by atoms with van der Waals surface area (Å²) in [4.78, 5) is 14.0. The summed E-state index contributed by atoms with van der Waals surface area (Å²) in [6.07, 6.45) is 8.59. The number of pyridine rings is 3. The quantitative estimate of drug-likeness (QED) is 0.231. The second kappa shape index (κ2) is 13.9. The Bertz CT molecular complexity index is 1860. The number of hydrogen-bond donors (Lipinski definition) is 1. The van der Waals surface area contributed by atoms with Gasteiger partial charge in [-0.1, -0.05) is 92.7 Å². The lowest BCUT2D eigenvalue weighted by Gasteiger charge is -2.21. The maximum absolute atomic E-state index is 4.95. The summed E-state index contributed by atoms with van der Waals surface area (Å²) < 4.78 is 0. The molecule has 1 N–H and O–H groups in total. The maximum Gasteiger partial charge on any atom is 0.0703 e. The number of dihydropyridines is 1. The molecule has 0 saturated carbocycles. The number of nitrogens with zero attached hydrogens (tertiary/aromatic N) is 3. The zero-order chi connectivity index (χ0) is 31.1. The van der Waals surface area contributed by atoms with Crippen LogP contribution in [0, 0.1) is 27.7 Å². The Morgan fingerprint density at radius 2 is 1.25 bits per heavy atom. The smallest absolute Gasteiger partial charge is 0.0703 e. The number of fused-ring (bicyclic) bond motifs is 1. The number of nitrogens with one attached hydrogen (secondary N) is 1. The standard InChI is InChI=1S/C38H34N4.C2H6/c1-25-19-32(20-26(2)41-25)36-17-15-30(23-39-36)35-13-8-6-5-7-11-29-12-9-10-14-34(29)38(35)31-16-18-37(40-24-31)33-21-27(3)42-28(4)22-33;1-2/h5-24,36,39H,1-4H3;1-2H3. The second-order valence-corrected chi connectivity index (χ2v) is 10.8. The molecule has 0 radical (unpaired) electrons. The summed E-state index contributed by atoms with van der Waals surface area (Å²) >= 11 is 0. The van der Waals surface area contributed by atoms with Crippen LogP contribution in [0.15, 0.2) is 122 Å². The van der Waals surface area contributed by atoms with E-state index in [9.17, 15) is 0 Å². The van der Waals surface area contributed by atoms with Gasteiger partial charge in [0.1, 0.15) is 0 Å². The Balaban J connectivity index is 0.00000188. The third-order valence-corrected chi connectivity index (χ3v) is 7.46. The first kappa shape index (κ1) is 30.4. The Labute approximate surface area is 261 Å². The lowest BCUT2D eigenvalue weighted by molar-refractivity contribution is 0.744. The highest BCUT2D eigenvalue weighted by Crippen LogP contribution is 2.36. The van der Waals surface area contributed by atoms with E-state index in [1.54, 1.807) is 0 Å². The number of aryl methyl sites for hydroxylation is 4. The molecule has 4 heteroatoms. The van der Waals surface area contributed by atoms with Crippen LogP contribution in [0.4, 0.5) is 0 Å². The fourth-order valence-electron chi connectivity index (χ4n) is 5.69. The Kier molecular flexibility index (Phi) is 9.61. The van der Waals surface area contributed by atoms with Crippen molar-refractivity contribution < 1.29 is 0 Å². The van der Waals surface area contributed by atoms with E-state index >= 15 is 0 Å². The molecule has 220 valence electrons. The van der Waals surface area contributed by atoms with Crippen LogP contribution < -0.4 is 5.32 Å². The molecule has 1 aliphatic rings. The van der Waals surface area contributed by atoms with Gasteiger partial charge < -0.3 is 5.32 Å². The molecule has 0 aliphatic carbocycles. The molecule has 4 nitrogen and oxygen atoms in total. The molecular weight excluding hydrogens is 536 g/mol. The Morgan fingerprint density at radius 1 is 0.636 bits per heavy atom. The van der Waals surface area contributed by atoms with Crippen molar-refractivity contribution in [3.63, 3.8) is 0 Å². The molecule has 2 aromatic carbocycles. The van der Waals surface area contributed by atoms with Crippen molar-refractivity contribution in [1.29, 1.82) is 0 Å². The lowest BCUT2D eigenvalue weighted by atomic mass is 9.91. The topological polar surface area (TPSA) is 50.7 Å². The summed E-state index contributed by atoms with van der Waals surface area (Å²) in [5.41, 5.74) is 11.7. The van der Waals surface area contributed by atoms with Crippen LogP contribution in [0.5, 0.6) is 0 Å². The van der Waals surface area contributed by atoms with Crippen molar-refractivity contribution in [2.75, 3.05) is 0 Å². The summed E-state index contributed by atoms with van der Waals surface area (Å²) in [5.74, 6) is 0. The third kappa shape index (κ3) is 6.92. The molecule has 1 aliphatic heterocycles. The molecule has 0 fully saturated rings. The maximum atomic E-state index is 4.95. The zero-order valence-corrected chi connectivity index (χ0v) is 26.5. The van der Waals surface area contributed by atoms with Crippen LogP contribution in [0.1, 0.15) is 53.8 Å². The second-order valence-electron chi connectivity index (χ2n) is 10.8. The van der Waals surface area contributed by atoms with Gasteiger partial charge in [-0.3, -0.25) is 15.0 Å². The third-order valence-electron chi connectivity index (χ3n) is 7.46. The first-order valence-electron chi connectivity index (χ1n) is 15.3. The van der Waals surface area contributed by atoms with E-state index < -0.39 is 0 Å². The van der Waals surface area contributed by atoms with Crippen LogP contribution in [0.25, 0.3) is 38.7 Å². The van der Waals surface area contributed by atoms with Crippen molar-refractivity contribution in [2.45, 2.75) is 47.6 Å². The van der Waals surface area contributed by atoms with Gasteiger partial charge in [-0.15, -0.1) is 0 Å². The van der Waals surface area contributed by atoms with Gasteiger partial charge in [-0.2, -0.15) is 0 Å². The summed E-state index contributed by atoms with van der Waals surface area (Å²) in [5, 5.41) is 5.95.